The van der Waals surface area contributed by atoms with Gasteiger partial charge in [-0.05, 0) is 65.4 Å². The number of primary sulfonamides is 1. The van der Waals surface area contributed by atoms with Crippen LogP contribution in [0.3, 0.4) is 0 Å². The lowest BCUT2D eigenvalue weighted by Crippen LogP contribution is -2.45. The number of hydrogen-bond acceptors (Lipinski definition) is 6. The summed E-state index contributed by atoms with van der Waals surface area (Å²) in [5.41, 5.74) is 3.04. The summed E-state index contributed by atoms with van der Waals surface area (Å²) in [7, 11) is -6.32. The molecule has 0 radical (unpaired) electrons. The molecule has 0 aliphatic carbocycles. The molecule has 0 saturated carbocycles. The summed E-state index contributed by atoms with van der Waals surface area (Å²) < 4.78 is 51.7. The van der Waals surface area contributed by atoms with Crippen molar-refractivity contribution in [1.29, 1.82) is 0 Å². The number of anilines is 1. The average Bonchev–Trinajstić information content (AvgIpc) is 3.36. The Morgan fingerprint density at radius 2 is 1.61 bits per heavy atom. The second-order valence-corrected chi connectivity index (χ2v) is 13.6. The van der Waals surface area contributed by atoms with Gasteiger partial charge in [-0.2, -0.15) is 0 Å². The molecule has 2 aliphatic heterocycles. The van der Waals surface area contributed by atoms with Crippen LogP contribution in [0, 0.1) is 0 Å². The standard InChI is InChI=1S/C26H39FN4O3S2/c1-6-21(35(4,5)32)19-24(27)25(7-2)31-16-14-29(15-17-31)20(3)23-18-22(36(28,33)34)10-11-26(23)30-12-8-9-13-30/h10-11,18-19H,3-4,6-9,12-17H2,1-2,5H3,(H2,28,33,34)/b21-19+,25-24-. The van der Waals surface area contributed by atoms with Gasteiger partial charge in [0, 0.05) is 73.1 Å². The number of halogens is 1. The number of benzene rings is 1. The van der Waals surface area contributed by atoms with Crippen molar-refractivity contribution in [1.82, 2.24) is 9.80 Å². The van der Waals surface area contributed by atoms with Crippen molar-refractivity contribution in [3.63, 3.8) is 0 Å². The summed E-state index contributed by atoms with van der Waals surface area (Å²) in [5.74, 6) is 3.33. The molecular formula is C26H39FN4O3S2. The molecule has 2 aliphatic rings. The molecular weight excluding hydrogens is 499 g/mol. The van der Waals surface area contributed by atoms with E-state index in [4.69, 9.17) is 5.14 Å². The summed E-state index contributed by atoms with van der Waals surface area (Å²) in [6.45, 7) is 12.3. The molecule has 2 N–H and O–H groups in total. The third-order valence-corrected chi connectivity index (χ3v) is 9.33. The Bertz CT molecular complexity index is 1260. The third-order valence-electron chi connectivity index (χ3n) is 6.90. The largest absolute Gasteiger partial charge is 0.371 e. The van der Waals surface area contributed by atoms with Crippen LogP contribution >= 0.6 is 0 Å². The van der Waals surface area contributed by atoms with Gasteiger partial charge in [-0.1, -0.05) is 20.4 Å². The van der Waals surface area contributed by atoms with Crippen molar-refractivity contribution in [2.45, 2.75) is 44.4 Å². The predicted molar refractivity (Wildman–Crippen MR) is 149 cm³/mol. The second-order valence-electron chi connectivity index (χ2n) is 9.46. The molecule has 7 nitrogen and oxygen atoms in total. The topological polar surface area (TPSA) is 86.9 Å². The van der Waals surface area contributed by atoms with Crippen molar-refractivity contribution < 1.29 is 17.0 Å². The van der Waals surface area contributed by atoms with Gasteiger partial charge in [0.05, 0.1) is 4.90 Å². The van der Waals surface area contributed by atoms with Gasteiger partial charge in [0.25, 0.3) is 0 Å². The molecule has 36 heavy (non-hydrogen) atoms. The Kier molecular flexibility index (Phi) is 8.95. The zero-order valence-electron chi connectivity index (χ0n) is 21.6. The molecule has 1 aromatic rings. The number of allylic oxidation sites excluding steroid dienone is 4. The van der Waals surface area contributed by atoms with Crippen LogP contribution in [0.2, 0.25) is 0 Å². The number of hydrogen-bond donors (Lipinski definition) is 1. The van der Waals surface area contributed by atoms with E-state index < -0.39 is 19.5 Å². The Morgan fingerprint density at radius 3 is 2.11 bits per heavy atom. The normalized spacial score (nSPS) is 19.8. The first-order chi connectivity index (χ1) is 16.9. The fourth-order valence-corrected chi connectivity index (χ4v) is 6.38. The van der Waals surface area contributed by atoms with Gasteiger partial charge in [-0.25, -0.2) is 17.9 Å². The zero-order chi connectivity index (χ0) is 26.7. The highest BCUT2D eigenvalue weighted by atomic mass is 32.2. The van der Waals surface area contributed by atoms with Crippen molar-refractivity contribution >= 4 is 36.8 Å². The van der Waals surface area contributed by atoms with E-state index in [1.807, 2.05) is 24.8 Å². The summed E-state index contributed by atoms with van der Waals surface area (Å²) in [4.78, 5) is 6.97. The summed E-state index contributed by atoms with van der Waals surface area (Å²) in [6.07, 6.45) is 6.10. The maximum Gasteiger partial charge on any atom is 0.238 e. The highest BCUT2D eigenvalue weighted by Crippen LogP contribution is 2.34. The van der Waals surface area contributed by atoms with E-state index in [1.165, 1.54) is 12.3 Å². The average molecular weight is 539 g/mol. The summed E-state index contributed by atoms with van der Waals surface area (Å²) in [6, 6.07) is 4.99. The van der Waals surface area contributed by atoms with E-state index in [0.29, 0.717) is 49.6 Å². The zero-order valence-corrected chi connectivity index (χ0v) is 23.3. The SMILES string of the molecule is C=C(c1cc(S(N)(=O)=O)ccc1N1CCCC1)N1CCN(/C(CC)=C(F)/C=C(\CC)S(=C)(C)=O)CC1. The second kappa shape index (κ2) is 11.4. The van der Waals surface area contributed by atoms with Gasteiger partial charge in [-0.15, -0.1) is 0 Å². The minimum atomic E-state index is -3.85. The van der Waals surface area contributed by atoms with E-state index in [9.17, 15) is 12.6 Å². The highest BCUT2D eigenvalue weighted by Gasteiger charge is 2.26. The first-order valence-corrected chi connectivity index (χ1v) is 16.1. The van der Waals surface area contributed by atoms with Gasteiger partial charge < -0.3 is 14.7 Å². The number of nitrogens with two attached hydrogens (primary N) is 1. The molecule has 200 valence electrons. The van der Waals surface area contributed by atoms with Crippen LogP contribution in [0.4, 0.5) is 10.1 Å². The summed E-state index contributed by atoms with van der Waals surface area (Å²) >= 11 is 0. The van der Waals surface area contributed by atoms with E-state index in [-0.39, 0.29) is 10.7 Å². The van der Waals surface area contributed by atoms with Gasteiger partial charge >= 0.3 is 0 Å². The van der Waals surface area contributed by atoms with Crippen LogP contribution < -0.4 is 10.0 Å². The van der Waals surface area contributed by atoms with Crippen molar-refractivity contribution in [2.24, 2.45) is 5.14 Å². The first kappa shape index (κ1) is 28.3. The molecule has 2 fully saturated rings. The highest BCUT2D eigenvalue weighted by molar-refractivity contribution is 8.03. The molecule has 0 bridgehead atoms. The predicted octanol–water partition coefficient (Wildman–Crippen LogP) is 3.75. The third kappa shape index (κ3) is 6.52. The number of rotatable bonds is 9. The fraction of sp³-hybridized carbons (Fsp3) is 0.500. The van der Waals surface area contributed by atoms with Crippen LogP contribution in [0.1, 0.15) is 45.1 Å². The number of piperazine rings is 1. The number of nitrogens with zero attached hydrogens (tertiary/aromatic N) is 3. The Labute approximate surface area is 216 Å². The van der Waals surface area contributed by atoms with Crippen molar-refractivity contribution in [3.05, 3.63) is 52.8 Å². The molecule has 0 amide bonds. The van der Waals surface area contributed by atoms with Gasteiger partial charge in [0.15, 0.2) is 0 Å². The molecule has 3 rings (SSSR count). The van der Waals surface area contributed by atoms with E-state index in [1.54, 1.807) is 12.1 Å². The van der Waals surface area contributed by atoms with Crippen LogP contribution in [0.5, 0.6) is 0 Å². The van der Waals surface area contributed by atoms with Crippen LogP contribution in [0.15, 0.2) is 52.2 Å². The molecule has 2 heterocycles. The van der Waals surface area contributed by atoms with E-state index in [0.717, 1.165) is 42.9 Å². The lowest BCUT2D eigenvalue weighted by atomic mass is 10.1. The Balaban J connectivity index is 1.84. The Morgan fingerprint density at radius 1 is 1.03 bits per heavy atom. The lowest BCUT2D eigenvalue weighted by molar-refractivity contribution is 0.205. The van der Waals surface area contributed by atoms with Crippen LogP contribution in [-0.2, 0) is 19.5 Å². The summed E-state index contributed by atoms with van der Waals surface area (Å²) in [5, 5.41) is 5.42. The Hall–Kier alpha value is -2.30. The molecule has 1 aromatic carbocycles. The smallest absolute Gasteiger partial charge is 0.238 e. The lowest BCUT2D eigenvalue weighted by Gasteiger charge is -2.40. The molecule has 1 atom stereocenters. The first-order valence-electron chi connectivity index (χ1n) is 12.4. The minimum Gasteiger partial charge on any atom is -0.371 e. The fourth-order valence-electron chi connectivity index (χ4n) is 4.87. The van der Waals surface area contributed by atoms with Crippen molar-refractivity contribution in [2.75, 3.05) is 50.4 Å². The molecule has 0 aromatic heterocycles. The molecule has 1 unspecified atom stereocenters. The minimum absolute atomic E-state index is 0.0648. The molecule has 0 spiro atoms. The maximum absolute atomic E-state index is 15.2. The molecule has 10 heteroatoms. The van der Waals surface area contributed by atoms with Gasteiger partial charge in [0.1, 0.15) is 5.83 Å². The van der Waals surface area contributed by atoms with Crippen LogP contribution in [-0.4, -0.2) is 73.8 Å². The maximum atomic E-state index is 15.2. The number of sulfonamides is 1. The molecule has 2 saturated heterocycles. The van der Waals surface area contributed by atoms with Crippen molar-refractivity contribution in [3.8, 4) is 0 Å². The monoisotopic (exact) mass is 538 g/mol. The van der Waals surface area contributed by atoms with Gasteiger partial charge in [-0.3, -0.25) is 4.21 Å². The van der Waals surface area contributed by atoms with Gasteiger partial charge in [0.2, 0.25) is 10.0 Å². The van der Waals surface area contributed by atoms with Crippen LogP contribution in [0.25, 0.3) is 5.70 Å². The quantitative estimate of drug-likeness (QED) is 0.381. The van der Waals surface area contributed by atoms with E-state index >= 15 is 4.39 Å². The van der Waals surface area contributed by atoms with E-state index in [2.05, 4.69) is 22.2 Å².